The van der Waals surface area contributed by atoms with Crippen molar-refractivity contribution in [3.05, 3.63) is 109 Å². The fourth-order valence-electron chi connectivity index (χ4n) is 8.92. The highest BCUT2D eigenvalue weighted by molar-refractivity contribution is 5.71. The van der Waals surface area contributed by atoms with Crippen LogP contribution in [-0.4, -0.2) is 37.2 Å². The Bertz CT molecular complexity index is 1560. The lowest BCUT2D eigenvalue weighted by molar-refractivity contribution is -0.167. The summed E-state index contributed by atoms with van der Waals surface area (Å²) in [6.07, 6.45) is 88.3. The molecule has 0 saturated heterocycles. The van der Waals surface area contributed by atoms with E-state index in [0.29, 0.717) is 19.3 Å². The molecule has 0 N–H and O–H groups in total. The molecule has 0 spiro atoms. The van der Waals surface area contributed by atoms with Gasteiger partial charge >= 0.3 is 17.9 Å². The Hall–Kier alpha value is -3.93. The molecule has 0 fully saturated rings. The molecule has 0 heterocycles. The lowest BCUT2D eigenvalue weighted by atomic mass is 10.0. The first kappa shape index (κ1) is 73.1. The van der Waals surface area contributed by atoms with Crippen molar-refractivity contribution in [3.63, 3.8) is 0 Å². The molecule has 0 rings (SSSR count). The van der Waals surface area contributed by atoms with Gasteiger partial charge in [0, 0.05) is 19.3 Å². The van der Waals surface area contributed by atoms with E-state index < -0.39 is 6.10 Å². The maximum absolute atomic E-state index is 12.9. The van der Waals surface area contributed by atoms with Crippen LogP contribution in [0, 0.1) is 0 Å². The Kier molecular flexibility index (Phi) is 61.3. The van der Waals surface area contributed by atoms with E-state index in [4.69, 9.17) is 14.2 Å². The molecular formula is C71H120O6. The largest absolute Gasteiger partial charge is 0.462 e. The van der Waals surface area contributed by atoms with Crippen LogP contribution in [0.2, 0.25) is 0 Å². The number of hydrogen-bond acceptors (Lipinski definition) is 6. The average molecular weight is 1070 g/mol. The van der Waals surface area contributed by atoms with Gasteiger partial charge in [0.1, 0.15) is 13.2 Å². The molecule has 0 aliphatic rings. The highest BCUT2D eigenvalue weighted by Gasteiger charge is 2.19. The highest BCUT2D eigenvalue weighted by Crippen LogP contribution is 2.16. The summed E-state index contributed by atoms with van der Waals surface area (Å²) in [5, 5.41) is 0. The van der Waals surface area contributed by atoms with Gasteiger partial charge in [-0.1, -0.05) is 284 Å². The van der Waals surface area contributed by atoms with E-state index in [1.807, 2.05) is 0 Å². The highest BCUT2D eigenvalue weighted by atomic mass is 16.6. The van der Waals surface area contributed by atoms with Crippen molar-refractivity contribution in [1.82, 2.24) is 0 Å². The van der Waals surface area contributed by atoms with E-state index >= 15 is 0 Å². The van der Waals surface area contributed by atoms with Crippen LogP contribution in [0.3, 0.4) is 0 Å². The first-order chi connectivity index (χ1) is 38.0. The van der Waals surface area contributed by atoms with Gasteiger partial charge in [-0.3, -0.25) is 14.4 Å². The van der Waals surface area contributed by atoms with Gasteiger partial charge in [-0.2, -0.15) is 0 Å². The van der Waals surface area contributed by atoms with Gasteiger partial charge in [-0.15, -0.1) is 0 Å². The minimum Gasteiger partial charge on any atom is -0.462 e. The summed E-state index contributed by atoms with van der Waals surface area (Å²) in [5.41, 5.74) is 0. The van der Waals surface area contributed by atoms with Gasteiger partial charge in [-0.05, 0) is 109 Å². The SMILES string of the molecule is CC/C=C\C/C=C\C/C=C\C/C=C\C/C=C\C/C=C\C/C=C\CCCCCCCC(=O)OCC(COC(=O)CCCCCCCCC)OC(=O)CCCCCCCCCCCCCCC/C=C\C/C=C\CCCCCCC. The zero-order chi connectivity index (χ0) is 55.7. The van der Waals surface area contributed by atoms with Gasteiger partial charge in [0.15, 0.2) is 6.10 Å². The van der Waals surface area contributed by atoms with E-state index in [2.05, 4.69) is 130 Å². The van der Waals surface area contributed by atoms with Crippen LogP contribution in [-0.2, 0) is 28.6 Å². The third-order valence-electron chi connectivity index (χ3n) is 13.8. The number of carbonyl (C=O) groups excluding carboxylic acids is 3. The molecule has 0 aliphatic heterocycles. The number of rotatable bonds is 58. The maximum Gasteiger partial charge on any atom is 0.306 e. The molecule has 77 heavy (non-hydrogen) atoms. The Balaban J connectivity index is 4.19. The van der Waals surface area contributed by atoms with Crippen LogP contribution in [0.4, 0.5) is 0 Å². The van der Waals surface area contributed by atoms with Crippen LogP contribution in [0.1, 0.15) is 303 Å². The van der Waals surface area contributed by atoms with Gasteiger partial charge in [0.2, 0.25) is 0 Å². The zero-order valence-electron chi connectivity index (χ0n) is 50.4. The van der Waals surface area contributed by atoms with E-state index in [0.717, 1.165) is 128 Å². The predicted molar refractivity (Wildman–Crippen MR) is 334 cm³/mol. The van der Waals surface area contributed by atoms with Gasteiger partial charge < -0.3 is 14.2 Å². The molecule has 440 valence electrons. The second kappa shape index (κ2) is 64.6. The lowest BCUT2D eigenvalue weighted by Gasteiger charge is -2.18. The van der Waals surface area contributed by atoms with Crippen LogP contribution < -0.4 is 0 Å². The molecule has 0 aromatic carbocycles. The van der Waals surface area contributed by atoms with Crippen molar-refractivity contribution in [1.29, 1.82) is 0 Å². The number of esters is 3. The van der Waals surface area contributed by atoms with E-state index in [-0.39, 0.29) is 31.1 Å². The fourth-order valence-corrected chi connectivity index (χ4v) is 8.92. The quantitative estimate of drug-likeness (QED) is 0.0261. The first-order valence-electron chi connectivity index (χ1n) is 32.4. The molecule has 1 unspecified atom stereocenters. The summed E-state index contributed by atoms with van der Waals surface area (Å²) in [4.78, 5) is 38.1. The molecule has 0 aliphatic carbocycles. The summed E-state index contributed by atoms with van der Waals surface area (Å²) < 4.78 is 16.8. The number of ether oxygens (including phenoxy) is 3. The monoisotopic (exact) mass is 1070 g/mol. The summed E-state index contributed by atoms with van der Waals surface area (Å²) in [5.74, 6) is -0.905. The smallest absolute Gasteiger partial charge is 0.306 e. The third kappa shape index (κ3) is 62.8. The van der Waals surface area contributed by atoms with Crippen molar-refractivity contribution in [2.75, 3.05) is 13.2 Å². The van der Waals surface area contributed by atoms with Crippen molar-refractivity contribution in [2.45, 2.75) is 309 Å². The Labute approximate surface area is 476 Å². The van der Waals surface area contributed by atoms with Crippen LogP contribution in [0.5, 0.6) is 0 Å². The molecule has 0 radical (unpaired) electrons. The standard InChI is InChI=1S/C71H120O6/c1-4-7-10-13-16-18-20-22-24-26-28-30-32-34-35-37-38-40-42-44-46-48-50-52-55-58-61-64-70(73)76-67-68(66-75-69(72)63-60-57-54-15-12-9-6-3)77-71(74)65-62-59-56-53-51-49-47-45-43-41-39-36-33-31-29-27-25-23-21-19-17-14-11-8-5-2/h7,10,16,18,21-24,27-30,34-35,38,40,44,46,68H,4-6,8-9,11-15,17,19-20,25-26,31-33,36-37,39,41-43,45,47-67H2,1-3H3/b10-7-,18-16-,23-21-,24-22-,29-27-,30-28-,35-34-,40-38-,46-44-. The van der Waals surface area contributed by atoms with Crippen LogP contribution in [0.15, 0.2) is 109 Å². The van der Waals surface area contributed by atoms with Crippen molar-refractivity contribution < 1.29 is 28.6 Å². The summed E-state index contributed by atoms with van der Waals surface area (Å²) in [6.45, 7) is 6.47. The van der Waals surface area contributed by atoms with Crippen molar-refractivity contribution in [3.8, 4) is 0 Å². The Morgan fingerprint density at radius 3 is 0.792 bits per heavy atom. The number of unbranched alkanes of at least 4 members (excludes halogenated alkanes) is 29. The van der Waals surface area contributed by atoms with E-state index in [1.54, 1.807) is 0 Å². The van der Waals surface area contributed by atoms with Gasteiger partial charge in [0.05, 0.1) is 0 Å². The van der Waals surface area contributed by atoms with E-state index in [1.165, 1.54) is 135 Å². The fraction of sp³-hybridized carbons (Fsp3) is 0.704. The predicted octanol–water partition coefficient (Wildman–Crippen LogP) is 22.2. The van der Waals surface area contributed by atoms with Gasteiger partial charge in [-0.25, -0.2) is 0 Å². The van der Waals surface area contributed by atoms with Crippen molar-refractivity contribution in [2.24, 2.45) is 0 Å². The molecule has 0 bridgehead atoms. The third-order valence-corrected chi connectivity index (χ3v) is 13.8. The first-order valence-corrected chi connectivity index (χ1v) is 32.4. The molecule has 1 atom stereocenters. The topological polar surface area (TPSA) is 78.9 Å². The Morgan fingerprint density at radius 2 is 0.506 bits per heavy atom. The molecular weight excluding hydrogens is 949 g/mol. The summed E-state index contributed by atoms with van der Waals surface area (Å²) >= 11 is 0. The van der Waals surface area contributed by atoms with Gasteiger partial charge in [0.25, 0.3) is 0 Å². The maximum atomic E-state index is 12.9. The summed E-state index contributed by atoms with van der Waals surface area (Å²) in [6, 6.07) is 0. The molecule has 0 amide bonds. The molecule has 6 nitrogen and oxygen atoms in total. The van der Waals surface area contributed by atoms with Crippen LogP contribution in [0.25, 0.3) is 0 Å². The minimum absolute atomic E-state index is 0.0839. The number of allylic oxidation sites excluding steroid dienone is 18. The van der Waals surface area contributed by atoms with Crippen LogP contribution >= 0.6 is 0 Å². The molecule has 6 heteroatoms. The van der Waals surface area contributed by atoms with Crippen molar-refractivity contribution >= 4 is 17.9 Å². The molecule has 0 aromatic heterocycles. The molecule has 0 saturated carbocycles. The number of carbonyl (C=O) groups is 3. The molecule has 0 aromatic rings. The van der Waals surface area contributed by atoms with E-state index in [9.17, 15) is 14.4 Å². The second-order valence-electron chi connectivity index (χ2n) is 21.3. The zero-order valence-corrected chi connectivity index (χ0v) is 50.4. The number of hydrogen-bond donors (Lipinski definition) is 0. The lowest BCUT2D eigenvalue weighted by Crippen LogP contribution is -2.30. The average Bonchev–Trinajstić information content (AvgIpc) is 3.43. The minimum atomic E-state index is -0.786. The second-order valence-corrected chi connectivity index (χ2v) is 21.3. The Morgan fingerprint density at radius 1 is 0.273 bits per heavy atom. The normalized spacial score (nSPS) is 12.8. The summed E-state index contributed by atoms with van der Waals surface area (Å²) in [7, 11) is 0.